The van der Waals surface area contributed by atoms with Crippen molar-refractivity contribution in [3.8, 4) is 5.75 Å². The number of carbonyl (C=O) groups excluding carboxylic acids is 1. The minimum atomic E-state index is -0.203. The minimum Gasteiger partial charge on any atom is -0.482 e. The predicted octanol–water partition coefficient (Wildman–Crippen LogP) is 2.24. The summed E-state index contributed by atoms with van der Waals surface area (Å²) >= 11 is 5.91. The van der Waals surface area contributed by atoms with Crippen molar-refractivity contribution in [2.24, 2.45) is 5.41 Å². The fraction of sp³-hybridized carbons (Fsp3) is 0.500. The Morgan fingerprint density at radius 2 is 2.11 bits per heavy atom. The lowest BCUT2D eigenvalue weighted by atomic mass is 9.90. The third kappa shape index (κ3) is 5.94. The highest BCUT2D eigenvalue weighted by Crippen LogP contribution is 2.23. The molecule has 1 aromatic rings. The lowest BCUT2D eigenvalue weighted by Crippen LogP contribution is -2.37. The molecule has 5 heteroatoms. The second-order valence-electron chi connectivity index (χ2n) is 5.13. The van der Waals surface area contributed by atoms with Gasteiger partial charge in [0.25, 0.3) is 5.91 Å². The smallest absolute Gasteiger partial charge is 0.257 e. The zero-order valence-corrected chi connectivity index (χ0v) is 12.0. The van der Waals surface area contributed by atoms with E-state index in [2.05, 4.69) is 5.32 Å². The average molecular weight is 286 g/mol. The number of amides is 1. The number of nitrogens with one attached hydrogen (secondary N) is 1. The van der Waals surface area contributed by atoms with Crippen LogP contribution >= 0.6 is 11.6 Å². The average Bonchev–Trinajstić information content (AvgIpc) is 2.35. The van der Waals surface area contributed by atoms with Gasteiger partial charge in [-0.25, -0.2) is 0 Å². The maximum absolute atomic E-state index is 11.6. The molecule has 0 fully saturated rings. The molecule has 0 unspecified atom stereocenters. The monoisotopic (exact) mass is 285 g/mol. The van der Waals surface area contributed by atoms with E-state index in [1.165, 1.54) is 0 Å². The van der Waals surface area contributed by atoms with Crippen molar-refractivity contribution in [3.63, 3.8) is 0 Å². The first-order valence-electron chi connectivity index (χ1n) is 6.19. The standard InChI is InChI=1S/C14H20ClNO3/c1-14(2,7-8-17)10-16-13(18)9-19-12-6-4-3-5-11(12)15/h3-6,17H,7-10H2,1-2H3,(H,16,18). The minimum absolute atomic E-state index is 0.0705. The summed E-state index contributed by atoms with van der Waals surface area (Å²) < 4.78 is 5.33. The number of aliphatic hydroxyl groups excluding tert-OH is 1. The largest absolute Gasteiger partial charge is 0.482 e. The number of halogens is 1. The molecule has 1 rings (SSSR count). The summed E-state index contributed by atoms with van der Waals surface area (Å²) in [6.07, 6.45) is 0.638. The molecule has 0 aromatic heterocycles. The molecule has 0 spiro atoms. The van der Waals surface area contributed by atoms with Crippen LogP contribution in [0.3, 0.4) is 0 Å². The summed E-state index contributed by atoms with van der Waals surface area (Å²) in [4.78, 5) is 11.6. The van der Waals surface area contributed by atoms with Crippen LogP contribution < -0.4 is 10.1 Å². The van der Waals surface area contributed by atoms with E-state index in [1.807, 2.05) is 13.8 Å². The molecule has 0 heterocycles. The van der Waals surface area contributed by atoms with Gasteiger partial charge >= 0.3 is 0 Å². The van der Waals surface area contributed by atoms with Crippen molar-refractivity contribution >= 4 is 17.5 Å². The Bertz CT molecular complexity index is 421. The number of aliphatic hydroxyl groups is 1. The van der Waals surface area contributed by atoms with E-state index in [0.29, 0.717) is 23.7 Å². The Balaban J connectivity index is 2.35. The second kappa shape index (κ2) is 7.36. The van der Waals surface area contributed by atoms with Crippen LogP contribution in [0.4, 0.5) is 0 Å². The van der Waals surface area contributed by atoms with Crippen molar-refractivity contribution < 1.29 is 14.6 Å². The molecule has 0 saturated heterocycles. The molecular formula is C14H20ClNO3. The summed E-state index contributed by atoms with van der Waals surface area (Å²) in [6.45, 7) is 4.51. The molecule has 0 aliphatic rings. The molecule has 2 N–H and O–H groups in total. The van der Waals surface area contributed by atoms with Crippen LogP contribution in [0.15, 0.2) is 24.3 Å². The van der Waals surface area contributed by atoms with Crippen LogP contribution in [0.2, 0.25) is 5.02 Å². The molecule has 0 radical (unpaired) electrons. The SMILES string of the molecule is CC(C)(CCO)CNC(=O)COc1ccccc1Cl. The zero-order chi connectivity index (χ0) is 14.3. The third-order valence-electron chi connectivity index (χ3n) is 2.75. The highest BCUT2D eigenvalue weighted by Gasteiger charge is 2.18. The van der Waals surface area contributed by atoms with E-state index >= 15 is 0 Å². The third-order valence-corrected chi connectivity index (χ3v) is 3.06. The van der Waals surface area contributed by atoms with Gasteiger partial charge in [0.1, 0.15) is 5.75 Å². The Hall–Kier alpha value is -1.26. The summed E-state index contributed by atoms with van der Waals surface area (Å²) in [5.41, 5.74) is -0.130. The van der Waals surface area contributed by atoms with Gasteiger partial charge in [-0.3, -0.25) is 4.79 Å². The number of rotatable bonds is 7. The van der Waals surface area contributed by atoms with Crippen molar-refractivity contribution in [3.05, 3.63) is 29.3 Å². The van der Waals surface area contributed by atoms with Crippen LogP contribution in [-0.2, 0) is 4.79 Å². The molecule has 1 aromatic carbocycles. The molecule has 0 aliphatic heterocycles. The first-order chi connectivity index (χ1) is 8.94. The molecule has 0 atom stereocenters. The van der Waals surface area contributed by atoms with Gasteiger partial charge in [0.05, 0.1) is 5.02 Å². The van der Waals surface area contributed by atoms with E-state index in [4.69, 9.17) is 21.4 Å². The van der Waals surface area contributed by atoms with Gasteiger partial charge in [0, 0.05) is 13.2 Å². The number of benzene rings is 1. The summed E-state index contributed by atoms with van der Waals surface area (Å²) in [6, 6.07) is 7.01. The Kier molecular flexibility index (Phi) is 6.12. The summed E-state index contributed by atoms with van der Waals surface area (Å²) in [7, 11) is 0. The summed E-state index contributed by atoms with van der Waals surface area (Å²) in [5, 5.41) is 12.2. The van der Waals surface area contributed by atoms with Crippen LogP contribution in [0, 0.1) is 5.41 Å². The molecule has 0 saturated carbocycles. The Labute approximate surface area is 118 Å². The highest BCUT2D eigenvalue weighted by molar-refractivity contribution is 6.32. The van der Waals surface area contributed by atoms with Gasteiger partial charge in [-0.2, -0.15) is 0 Å². The number of para-hydroxylation sites is 1. The molecule has 0 bridgehead atoms. The van der Waals surface area contributed by atoms with Gasteiger partial charge in [0.15, 0.2) is 6.61 Å². The van der Waals surface area contributed by atoms with Gasteiger partial charge in [-0.05, 0) is 24.0 Å². The zero-order valence-electron chi connectivity index (χ0n) is 11.3. The molecule has 0 aliphatic carbocycles. The number of hydrogen-bond acceptors (Lipinski definition) is 3. The van der Waals surface area contributed by atoms with E-state index in [9.17, 15) is 4.79 Å². The highest BCUT2D eigenvalue weighted by atomic mass is 35.5. The molecule has 19 heavy (non-hydrogen) atoms. The van der Waals surface area contributed by atoms with Crippen LogP contribution in [-0.4, -0.2) is 30.8 Å². The van der Waals surface area contributed by atoms with Crippen molar-refractivity contribution in [2.45, 2.75) is 20.3 Å². The Morgan fingerprint density at radius 3 is 2.74 bits per heavy atom. The summed E-state index contributed by atoms with van der Waals surface area (Å²) in [5.74, 6) is 0.292. The lowest BCUT2D eigenvalue weighted by Gasteiger charge is -2.23. The number of hydrogen-bond donors (Lipinski definition) is 2. The first-order valence-corrected chi connectivity index (χ1v) is 6.57. The van der Waals surface area contributed by atoms with Crippen molar-refractivity contribution in [2.75, 3.05) is 19.8 Å². The van der Waals surface area contributed by atoms with Crippen molar-refractivity contribution in [1.82, 2.24) is 5.32 Å². The topological polar surface area (TPSA) is 58.6 Å². The van der Waals surface area contributed by atoms with Crippen LogP contribution in [0.5, 0.6) is 5.75 Å². The lowest BCUT2D eigenvalue weighted by molar-refractivity contribution is -0.123. The van der Waals surface area contributed by atoms with Gasteiger partial charge in [0.2, 0.25) is 0 Å². The van der Waals surface area contributed by atoms with E-state index in [1.54, 1.807) is 24.3 Å². The molecule has 1 amide bonds. The second-order valence-corrected chi connectivity index (χ2v) is 5.54. The fourth-order valence-corrected chi connectivity index (χ4v) is 1.68. The maximum Gasteiger partial charge on any atom is 0.257 e. The number of carbonyl (C=O) groups is 1. The van der Waals surface area contributed by atoms with Crippen molar-refractivity contribution in [1.29, 1.82) is 0 Å². The van der Waals surface area contributed by atoms with Gasteiger partial charge in [-0.15, -0.1) is 0 Å². The normalized spacial score (nSPS) is 11.2. The van der Waals surface area contributed by atoms with Crippen LogP contribution in [0.25, 0.3) is 0 Å². The molecular weight excluding hydrogens is 266 g/mol. The fourth-order valence-electron chi connectivity index (χ4n) is 1.49. The first kappa shape index (κ1) is 15.8. The Morgan fingerprint density at radius 1 is 1.42 bits per heavy atom. The maximum atomic E-state index is 11.6. The van der Waals surface area contributed by atoms with Crippen LogP contribution in [0.1, 0.15) is 20.3 Å². The van der Waals surface area contributed by atoms with Gasteiger partial charge in [-0.1, -0.05) is 37.6 Å². The van der Waals surface area contributed by atoms with Gasteiger partial charge < -0.3 is 15.2 Å². The molecule has 106 valence electrons. The number of ether oxygens (including phenoxy) is 1. The quantitative estimate of drug-likeness (QED) is 0.808. The van der Waals surface area contributed by atoms with E-state index in [-0.39, 0.29) is 24.5 Å². The predicted molar refractivity (Wildman–Crippen MR) is 75.4 cm³/mol. The molecule has 4 nitrogen and oxygen atoms in total. The van der Waals surface area contributed by atoms with E-state index in [0.717, 1.165) is 0 Å². The van der Waals surface area contributed by atoms with E-state index < -0.39 is 0 Å².